The largest absolute Gasteiger partial charge is 0.505 e. The lowest BCUT2D eigenvalue weighted by molar-refractivity contribution is 0.0754. The summed E-state index contributed by atoms with van der Waals surface area (Å²) in [7, 11) is 0. The Morgan fingerprint density at radius 3 is 3.09 bits per heavy atom. The Labute approximate surface area is 129 Å². The molecule has 5 nitrogen and oxygen atoms in total. The minimum atomic E-state index is -0.206. The van der Waals surface area contributed by atoms with Crippen molar-refractivity contribution in [1.82, 2.24) is 9.88 Å². The van der Waals surface area contributed by atoms with Gasteiger partial charge in [0, 0.05) is 42.6 Å². The molecular weight excluding hydrogens is 280 g/mol. The van der Waals surface area contributed by atoms with E-state index in [-0.39, 0.29) is 17.4 Å². The van der Waals surface area contributed by atoms with Crippen molar-refractivity contribution >= 4 is 16.7 Å². The van der Waals surface area contributed by atoms with Gasteiger partial charge in [0.1, 0.15) is 0 Å². The summed E-state index contributed by atoms with van der Waals surface area (Å²) >= 11 is 0. The molecular formula is C17H20N2O3. The van der Waals surface area contributed by atoms with E-state index in [1.807, 2.05) is 25.1 Å². The fraction of sp³-hybridized carbons (Fsp3) is 0.412. The number of ether oxygens (including phenoxy) is 1. The molecule has 1 aliphatic heterocycles. The van der Waals surface area contributed by atoms with Crippen molar-refractivity contribution in [1.29, 1.82) is 0 Å². The summed E-state index contributed by atoms with van der Waals surface area (Å²) in [6.07, 6.45) is 2.57. The number of carbonyl (C=O) groups is 1. The number of carbonyl (C=O) groups excluding carboxylic acids is 1. The number of hydrogen-bond donors (Lipinski definition) is 1. The molecule has 5 heteroatoms. The van der Waals surface area contributed by atoms with Crippen LogP contribution in [0.4, 0.5) is 0 Å². The van der Waals surface area contributed by atoms with Crippen LogP contribution in [0.15, 0.2) is 30.5 Å². The number of nitrogens with zero attached hydrogens (tertiary/aromatic N) is 2. The third-order valence-electron chi connectivity index (χ3n) is 4.11. The second kappa shape index (κ2) is 6.32. The average molecular weight is 300 g/mol. The first kappa shape index (κ1) is 14.8. The highest BCUT2D eigenvalue weighted by molar-refractivity contribution is 6.01. The van der Waals surface area contributed by atoms with Crippen LogP contribution in [0.3, 0.4) is 0 Å². The van der Waals surface area contributed by atoms with Crippen molar-refractivity contribution in [3.05, 3.63) is 36.2 Å². The Morgan fingerprint density at radius 2 is 2.27 bits per heavy atom. The standard InChI is InChI=1S/C17H20N2O3/c1-2-22-11-12-7-8-19(10-12)17(21)15-16(20)14-6-4-3-5-13(14)9-18-15/h3-6,9,12,20H,2,7-8,10-11H2,1H3/t12-/m0/s1. The van der Waals surface area contributed by atoms with Gasteiger partial charge in [-0.25, -0.2) is 4.98 Å². The van der Waals surface area contributed by atoms with Crippen LogP contribution in [0.25, 0.3) is 10.8 Å². The van der Waals surface area contributed by atoms with Gasteiger partial charge in [0.15, 0.2) is 11.4 Å². The lowest BCUT2D eigenvalue weighted by Gasteiger charge is -2.17. The van der Waals surface area contributed by atoms with Gasteiger partial charge in [0.25, 0.3) is 5.91 Å². The van der Waals surface area contributed by atoms with E-state index in [4.69, 9.17) is 4.74 Å². The Morgan fingerprint density at radius 1 is 1.45 bits per heavy atom. The van der Waals surface area contributed by atoms with Crippen molar-refractivity contribution in [2.45, 2.75) is 13.3 Å². The predicted molar refractivity (Wildman–Crippen MR) is 83.9 cm³/mol. The Kier molecular flexibility index (Phi) is 4.24. The van der Waals surface area contributed by atoms with Crippen LogP contribution in [0.1, 0.15) is 23.8 Å². The molecule has 1 aromatic heterocycles. The first-order valence-corrected chi connectivity index (χ1v) is 7.64. The van der Waals surface area contributed by atoms with E-state index in [0.29, 0.717) is 37.6 Å². The molecule has 1 N–H and O–H groups in total. The molecule has 0 saturated carbocycles. The summed E-state index contributed by atoms with van der Waals surface area (Å²) in [6.45, 7) is 4.68. The minimum absolute atomic E-state index is 0.0311. The minimum Gasteiger partial charge on any atom is -0.505 e. The third-order valence-corrected chi connectivity index (χ3v) is 4.11. The molecule has 1 amide bonds. The van der Waals surface area contributed by atoms with E-state index in [0.717, 1.165) is 11.8 Å². The highest BCUT2D eigenvalue weighted by atomic mass is 16.5. The van der Waals surface area contributed by atoms with Gasteiger partial charge < -0.3 is 14.7 Å². The summed E-state index contributed by atoms with van der Waals surface area (Å²) < 4.78 is 5.43. The summed E-state index contributed by atoms with van der Waals surface area (Å²) in [5, 5.41) is 11.8. The van der Waals surface area contributed by atoms with Gasteiger partial charge in [-0.1, -0.05) is 24.3 Å². The molecule has 0 bridgehead atoms. The molecule has 2 heterocycles. The quantitative estimate of drug-likeness (QED) is 0.942. The van der Waals surface area contributed by atoms with E-state index in [1.54, 1.807) is 17.2 Å². The normalized spacial score (nSPS) is 18.0. The summed E-state index contributed by atoms with van der Waals surface area (Å²) in [5.41, 5.74) is 0.135. The van der Waals surface area contributed by atoms with Crippen LogP contribution in [0, 0.1) is 5.92 Å². The highest BCUT2D eigenvalue weighted by Crippen LogP contribution is 2.29. The first-order chi connectivity index (χ1) is 10.7. The molecule has 1 atom stereocenters. The average Bonchev–Trinajstić information content (AvgIpc) is 3.02. The number of benzene rings is 1. The molecule has 1 aromatic carbocycles. The molecule has 0 unspecified atom stereocenters. The SMILES string of the molecule is CCOC[C@H]1CCN(C(=O)c2ncc3ccccc3c2O)C1. The molecule has 0 radical (unpaired) electrons. The zero-order chi connectivity index (χ0) is 15.5. The zero-order valence-corrected chi connectivity index (χ0v) is 12.7. The highest BCUT2D eigenvalue weighted by Gasteiger charge is 2.29. The van der Waals surface area contributed by atoms with Crippen LogP contribution in [0.2, 0.25) is 0 Å². The van der Waals surface area contributed by atoms with E-state index < -0.39 is 0 Å². The van der Waals surface area contributed by atoms with Gasteiger partial charge in [0.2, 0.25) is 0 Å². The van der Waals surface area contributed by atoms with Crippen LogP contribution >= 0.6 is 0 Å². The number of aromatic hydroxyl groups is 1. The molecule has 1 aliphatic rings. The van der Waals surface area contributed by atoms with Crippen molar-refractivity contribution in [3.63, 3.8) is 0 Å². The van der Waals surface area contributed by atoms with E-state index >= 15 is 0 Å². The van der Waals surface area contributed by atoms with Gasteiger partial charge >= 0.3 is 0 Å². The third kappa shape index (κ3) is 2.76. The Bertz CT molecular complexity index is 687. The zero-order valence-electron chi connectivity index (χ0n) is 12.7. The molecule has 116 valence electrons. The van der Waals surface area contributed by atoms with Gasteiger partial charge in [-0.2, -0.15) is 0 Å². The number of likely N-dealkylation sites (tertiary alicyclic amines) is 1. The van der Waals surface area contributed by atoms with Crippen LogP contribution < -0.4 is 0 Å². The number of pyridine rings is 1. The number of hydrogen-bond acceptors (Lipinski definition) is 4. The van der Waals surface area contributed by atoms with Crippen molar-refractivity contribution in [3.8, 4) is 5.75 Å². The molecule has 2 aromatic rings. The number of aromatic nitrogens is 1. The van der Waals surface area contributed by atoms with Crippen LogP contribution in [0.5, 0.6) is 5.75 Å². The molecule has 0 spiro atoms. The van der Waals surface area contributed by atoms with Gasteiger partial charge in [-0.15, -0.1) is 0 Å². The first-order valence-electron chi connectivity index (χ1n) is 7.64. The summed E-state index contributed by atoms with van der Waals surface area (Å²) in [5.74, 6) is 0.130. The van der Waals surface area contributed by atoms with Gasteiger partial charge in [0.05, 0.1) is 6.61 Å². The molecule has 0 aliphatic carbocycles. The maximum atomic E-state index is 12.6. The molecule has 22 heavy (non-hydrogen) atoms. The smallest absolute Gasteiger partial charge is 0.276 e. The van der Waals surface area contributed by atoms with Crippen molar-refractivity contribution < 1.29 is 14.6 Å². The summed E-state index contributed by atoms with van der Waals surface area (Å²) in [4.78, 5) is 18.5. The molecule has 3 rings (SSSR count). The maximum Gasteiger partial charge on any atom is 0.276 e. The molecule has 1 fully saturated rings. The van der Waals surface area contributed by atoms with Gasteiger partial charge in [-0.3, -0.25) is 4.79 Å². The fourth-order valence-corrected chi connectivity index (χ4v) is 2.89. The van der Waals surface area contributed by atoms with Crippen LogP contribution in [-0.2, 0) is 4.74 Å². The number of fused-ring (bicyclic) bond motifs is 1. The monoisotopic (exact) mass is 300 g/mol. The van der Waals surface area contributed by atoms with E-state index in [2.05, 4.69) is 4.98 Å². The number of amides is 1. The summed E-state index contributed by atoms with van der Waals surface area (Å²) in [6, 6.07) is 7.38. The molecule has 1 saturated heterocycles. The maximum absolute atomic E-state index is 12.6. The lowest BCUT2D eigenvalue weighted by Crippen LogP contribution is -2.30. The van der Waals surface area contributed by atoms with Crippen LogP contribution in [-0.4, -0.2) is 47.2 Å². The van der Waals surface area contributed by atoms with E-state index in [9.17, 15) is 9.90 Å². The van der Waals surface area contributed by atoms with Gasteiger partial charge in [-0.05, 0) is 13.3 Å². The Hall–Kier alpha value is -2.14. The predicted octanol–water partition coefficient (Wildman–Crippen LogP) is 2.44. The second-order valence-corrected chi connectivity index (χ2v) is 5.61. The number of rotatable bonds is 4. The fourth-order valence-electron chi connectivity index (χ4n) is 2.89. The Balaban J connectivity index is 1.80. The lowest BCUT2D eigenvalue weighted by atomic mass is 10.1. The van der Waals surface area contributed by atoms with Crippen molar-refractivity contribution in [2.75, 3.05) is 26.3 Å². The van der Waals surface area contributed by atoms with Crippen molar-refractivity contribution in [2.24, 2.45) is 5.92 Å². The van der Waals surface area contributed by atoms with E-state index in [1.165, 1.54) is 0 Å². The second-order valence-electron chi connectivity index (χ2n) is 5.61. The topological polar surface area (TPSA) is 62.7 Å².